The number of hydrogen-bond acceptors (Lipinski definition) is 6. The molecule has 6 unspecified atom stereocenters. The van der Waals surface area contributed by atoms with Gasteiger partial charge in [0.1, 0.15) is 6.10 Å². The Bertz CT molecular complexity index is 855. The van der Waals surface area contributed by atoms with Crippen molar-refractivity contribution in [3.63, 3.8) is 0 Å². The molecule has 4 rings (SSSR count). The Morgan fingerprint density at radius 2 is 1.76 bits per heavy atom. The Hall–Kier alpha value is -1.14. The van der Waals surface area contributed by atoms with Gasteiger partial charge in [-0.3, -0.25) is 9.59 Å². The van der Waals surface area contributed by atoms with Gasteiger partial charge in [0.2, 0.25) is 0 Å². The Balaban J connectivity index is 1.50. The lowest BCUT2D eigenvalue weighted by atomic mass is 9.43. The zero-order chi connectivity index (χ0) is 27.3. The highest BCUT2D eigenvalue weighted by atomic mass is 16.5. The Kier molecular flexibility index (Phi) is 8.15. The summed E-state index contributed by atoms with van der Waals surface area (Å²) in [4.78, 5) is 24.5. The summed E-state index contributed by atoms with van der Waals surface area (Å²) in [7, 11) is 1.44. The number of esters is 2. The number of fused-ring (bicyclic) bond motifs is 5. The zero-order valence-corrected chi connectivity index (χ0v) is 24.3. The molecule has 0 amide bonds. The van der Waals surface area contributed by atoms with Gasteiger partial charge in [0.25, 0.3) is 0 Å². The highest BCUT2D eigenvalue weighted by Gasteiger charge is 2.65. The summed E-state index contributed by atoms with van der Waals surface area (Å²) in [5.41, 5.74) is -0.661. The van der Waals surface area contributed by atoms with Crippen molar-refractivity contribution in [3.8, 4) is 0 Å². The molecule has 4 aliphatic rings. The number of hydrogen-bond donors (Lipinski definition) is 2. The molecule has 4 aliphatic carbocycles. The van der Waals surface area contributed by atoms with Crippen LogP contribution in [-0.4, -0.2) is 47.6 Å². The molecule has 0 bridgehead atoms. The molecular weight excluding hydrogens is 468 g/mol. The van der Waals surface area contributed by atoms with Crippen LogP contribution in [0.25, 0.3) is 0 Å². The second-order valence-electron chi connectivity index (χ2n) is 14.2. The topological polar surface area (TPSA) is 93.1 Å². The smallest absolute Gasteiger partial charge is 0.311 e. The van der Waals surface area contributed by atoms with E-state index in [1.165, 1.54) is 7.11 Å². The molecule has 0 aliphatic heterocycles. The average Bonchev–Trinajstić information content (AvgIpc) is 3.22. The van der Waals surface area contributed by atoms with Crippen molar-refractivity contribution in [3.05, 3.63) is 0 Å². The minimum Gasteiger partial charge on any atom is -0.469 e. The third kappa shape index (κ3) is 4.88. The molecule has 37 heavy (non-hydrogen) atoms. The van der Waals surface area contributed by atoms with Crippen LogP contribution < -0.4 is 0 Å². The van der Waals surface area contributed by atoms with Gasteiger partial charge in [-0.05, 0) is 118 Å². The molecule has 0 aromatic heterocycles. The fraction of sp³-hybridized carbons (Fsp3) is 0.935. The van der Waals surface area contributed by atoms with Gasteiger partial charge in [-0.2, -0.15) is 0 Å². The molecule has 0 heterocycles. The molecule has 0 aromatic carbocycles. The molecule has 2 N–H and O–H groups in total. The summed E-state index contributed by atoms with van der Waals surface area (Å²) in [6, 6.07) is 0. The molecular formula is C31H52O6. The fourth-order valence-electron chi connectivity index (χ4n) is 9.33. The third-order valence-corrected chi connectivity index (χ3v) is 12.2. The van der Waals surface area contributed by atoms with Crippen LogP contribution in [0.15, 0.2) is 0 Å². The molecule has 6 heteroatoms. The molecule has 4 fully saturated rings. The lowest BCUT2D eigenvalue weighted by Crippen LogP contribution is -2.62. The van der Waals surface area contributed by atoms with Crippen molar-refractivity contribution in [2.24, 2.45) is 51.8 Å². The van der Waals surface area contributed by atoms with Crippen LogP contribution in [0.1, 0.15) is 106 Å². The van der Waals surface area contributed by atoms with E-state index in [2.05, 4.69) is 20.8 Å². The molecule has 212 valence electrons. The maximum atomic E-state index is 12.8. The average molecular weight is 521 g/mol. The van der Waals surface area contributed by atoms with E-state index in [4.69, 9.17) is 9.47 Å². The standard InChI is InChI=1S/C31H52O6/c1-8-29(3,4)28(35)37-20-13-14-30(5)19(15-20)16-24(32)27-22-11-10-21(18(2)9-12-26(34)36-7)31(22,6)25(33)17-23(27)30/h18-25,27,32-33H,8-17H2,1-7H3/t18?,19?,20-,21?,22?,23?,24+,25-,27?,30-,31+/m0/s1. The van der Waals surface area contributed by atoms with Crippen LogP contribution in [-0.2, 0) is 19.1 Å². The first-order valence-corrected chi connectivity index (χ1v) is 14.9. The van der Waals surface area contributed by atoms with Gasteiger partial charge in [0.15, 0.2) is 0 Å². The maximum Gasteiger partial charge on any atom is 0.311 e. The second kappa shape index (κ2) is 10.4. The number of aliphatic hydroxyl groups excluding tert-OH is 2. The van der Waals surface area contributed by atoms with E-state index in [1.807, 2.05) is 20.8 Å². The van der Waals surface area contributed by atoms with E-state index in [-0.39, 0.29) is 46.8 Å². The fourth-order valence-corrected chi connectivity index (χ4v) is 9.33. The quantitative estimate of drug-likeness (QED) is 0.429. The number of carbonyl (C=O) groups is 2. The molecule has 0 spiro atoms. The van der Waals surface area contributed by atoms with E-state index in [9.17, 15) is 19.8 Å². The number of aliphatic hydroxyl groups is 2. The van der Waals surface area contributed by atoms with Crippen molar-refractivity contribution in [1.29, 1.82) is 0 Å². The van der Waals surface area contributed by atoms with Gasteiger partial charge >= 0.3 is 11.9 Å². The summed E-state index contributed by atoms with van der Waals surface area (Å²) in [5.74, 6) is 1.45. The highest BCUT2D eigenvalue weighted by molar-refractivity contribution is 5.76. The number of carbonyl (C=O) groups excluding carboxylic acids is 2. The van der Waals surface area contributed by atoms with Crippen LogP contribution in [0.4, 0.5) is 0 Å². The zero-order valence-electron chi connectivity index (χ0n) is 24.3. The molecule has 4 saturated carbocycles. The van der Waals surface area contributed by atoms with Crippen molar-refractivity contribution in [2.75, 3.05) is 7.11 Å². The molecule has 0 aromatic rings. The first-order valence-electron chi connectivity index (χ1n) is 14.9. The summed E-state index contributed by atoms with van der Waals surface area (Å²) >= 11 is 0. The van der Waals surface area contributed by atoms with E-state index < -0.39 is 11.5 Å². The minimum atomic E-state index is -0.469. The summed E-state index contributed by atoms with van der Waals surface area (Å²) in [6.07, 6.45) is 7.30. The van der Waals surface area contributed by atoms with E-state index >= 15 is 0 Å². The lowest BCUT2D eigenvalue weighted by molar-refractivity contribution is -0.210. The van der Waals surface area contributed by atoms with E-state index in [0.717, 1.165) is 57.8 Å². The molecule has 6 nitrogen and oxygen atoms in total. The maximum absolute atomic E-state index is 12.8. The third-order valence-electron chi connectivity index (χ3n) is 12.2. The Morgan fingerprint density at radius 1 is 1.05 bits per heavy atom. The first-order chi connectivity index (χ1) is 17.3. The van der Waals surface area contributed by atoms with Crippen molar-refractivity contribution < 1.29 is 29.3 Å². The highest BCUT2D eigenvalue weighted by Crippen LogP contribution is 2.68. The SMILES string of the molecule is CCC(C)(C)C(=O)O[C@H]1CC[C@@]2(C)C(C1)C[C@@H](O)C1C2C[C@H](O)[C@]2(C)C(C(C)CCC(=O)OC)CCC12. The van der Waals surface area contributed by atoms with Gasteiger partial charge in [0.05, 0.1) is 24.7 Å². The predicted molar refractivity (Wildman–Crippen MR) is 142 cm³/mol. The van der Waals surface area contributed by atoms with Crippen molar-refractivity contribution in [2.45, 2.75) is 124 Å². The Morgan fingerprint density at radius 3 is 2.41 bits per heavy atom. The van der Waals surface area contributed by atoms with Crippen LogP contribution in [0.5, 0.6) is 0 Å². The van der Waals surface area contributed by atoms with E-state index in [0.29, 0.717) is 30.1 Å². The number of rotatable bonds is 7. The number of methoxy groups -OCH3 is 1. The van der Waals surface area contributed by atoms with Gasteiger partial charge < -0.3 is 19.7 Å². The minimum absolute atomic E-state index is 0.0456. The number of ether oxygens (including phenoxy) is 2. The summed E-state index contributed by atoms with van der Waals surface area (Å²) < 4.78 is 10.9. The van der Waals surface area contributed by atoms with Crippen LogP contribution in [0.2, 0.25) is 0 Å². The summed E-state index contributed by atoms with van der Waals surface area (Å²) in [5, 5.41) is 23.4. The van der Waals surface area contributed by atoms with Gasteiger partial charge in [0, 0.05) is 6.42 Å². The largest absolute Gasteiger partial charge is 0.469 e. The molecule has 11 atom stereocenters. The van der Waals surface area contributed by atoms with Crippen molar-refractivity contribution in [1.82, 2.24) is 0 Å². The summed E-state index contributed by atoms with van der Waals surface area (Å²) in [6.45, 7) is 12.8. The van der Waals surface area contributed by atoms with Crippen LogP contribution >= 0.6 is 0 Å². The van der Waals surface area contributed by atoms with Gasteiger partial charge in [-0.15, -0.1) is 0 Å². The first kappa shape index (κ1) is 28.9. The van der Waals surface area contributed by atoms with Gasteiger partial charge in [-0.25, -0.2) is 0 Å². The monoisotopic (exact) mass is 520 g/mol. The second-order valence-corrected chi connectivity index (χ2v) is 14.2. The molecule has 0 radical (unpaired) electrons. The lowest BCUT2D eigenvalue weighted by Gasteiger charge is -2.63. The molecule has 0 saturated heterocycles. The van der Waals surface area contributed by atoms with Crippen LogP contribution in [0.3, 0.4) is 0 Å². The normalized spacial score (nSPS) is 44.2. The Labute approximate surface area is 224 Å². The van der Waals surface area contributed by atoms with Gasteiger partial charge in [-0.1, -0.05) is 27.7 Å². The van der Waals surface area contributed by atoms with Crippen LogP contribution in [0, 0.1) is 51.8 Å². The van der Waals surface area contributed by atoms with E-state index in [1.54, 1.807) is 0 Å². The van der Waals surface area contributed by atoms with Crippen molar-refractivity contribution >= 4 is 11.9 Å². The predicted octanol–water partition coefficient (Wildman–Crippen LogP) is 5.52.